The van der Waals surface area contributed by atoms with E-state index in [2.05, 4.69) is 10.6 Å². The van der Waals surface area contributed by atoms with Crippen molar-refractivity contribution in [2.75, 3.05) is 36.2 Å². The topological polar surface area (TPSA) is 119 Å². The van der Waals surface area contributed by atoms with Crippen LogP contribution in [0.5, 0.6) is 0 Å². The number of aliphatic hydroxyl groups is 1. The summed E-state index contributed by atoms with van der Waals surface area (Å²) < 4.78 is 66.9. The quantitative estimate of drug-likeness (QED) is 0.196. The zero-order chi connectivity index (χ0) is 35.6. The van der Waals surface area contributed by atoms with Crippen molar-refractivity contribution in [1.82, 2.24) is 15.5 Å². The maximum Gasteiger partial charge on any atom is 0.416 e. The number of aliphatic hydroxyl groups excluding tert-OH is 1. The fraction of sp³-hybridized carbons (Fsp3) is 0.444. The van der Waals surface area contributed by atoms with Crippen LogP contribution in [0.3, 0.4) is 0 Å². The van der Waals surface area contributed by atoms with Crippen LogP contribution in [0.1, 0.15) is 76.9 Å². The summed E-state index contributed by atoms with van der Waals surface area (Å²) >= 11 is 0. The van der Waals surface area contributed by atoms with Gasteiger partial charge in [-0.2, -0.15) is 13.2 Å². The Kier molecular flexibility index (Phi) is 13.2. The average Bonchev–Trinajstić information content (AvgIpc) is 3.07. The van der Waals surface area contributed by atoms with Gasteiger partial charge in [0.25, 0.3) is 11.8 Å². The van der Waals surface area contributed by atoms with Crippen molar-refractivity contribution in [1.29, 1.82) is 0 Å². The van der Waals surface area contributed by atoms with Crippen LogP contribution in [0.2, 0.25) is 0 Å². The van der Waals surface area contributed by atoms with Gasteiger partial charge in [0.1, 0.15) is 0 Å². The molecule has 3 aromatic rings. The first-order valence-corrected chi connectivity index (χ1v) is 18.3. The number of halogens is 3. The predicted octanol–water partition coefficient (Wildman–Crippen LogP) is 5.39. The van der Waals surface area contributed by atoms with E-state index in [1.165, 1.54) is 28.6 Å². The summed E-state index contributed by atoms with van der Waals surface area (Å²) in [7, 11) is -3.66. The van der Waals surface area contributed by atoms with Crippen molar-refractivity contribution in [3.8, 4) is 0 Å². The first-order valence-electron chi connectivity index (χ1n) is 16.7. The van der Waals surface area contributed by atoms with Crippen molar-refractivity contribution < 1.29 is 36.3 Å². The number of benzene rings is 3. The summed E-state index contributed by atoms with van der Waals surface area (Å²) in [5.41, 5.74) is 0.916. The normalized spacial score (nSPS) is 15.8. The Bertz CT molecular complexity index is 1660. The summed E-state index contributed by atoms with van der Waals surface area (Å²) in [6.45, 7) is 5.14. The van der Waals surface area contributed by atoms with E-state index in [-0.39, 0.29) is 54.5 Å². The van der Waals surface area contributed by atoms with Crippen molar-refractivity contribution in [2.45, 2.75) is 70.8 Å². The highest BCUT2D eigenvalue weighted by atomic mass is 32.2. The molecule has 3 N–H and O–H groups in total. The molecule has 0 saturated carbocycles. The molecular weight excluding hydrogens is 657 g/mol. The number of amides is 2. The van der Waals surface area contributed by atoms with Gasteiger partial charge in [-0.05, 0) is 67.5 Å². The predicted molar refractivity (Wildman–Crippen MR) is 184 cm³/mol. The van der Waals surface area contributed by atoms with Gasteiger partial charge in [0.15, 0.2) is 0 Å². The zero-order valence-corrected chi connectivity index (χ0v) is 28.7. The molecule has 0 aromatic heterocycles. The van der Waals surface area contributed by atoms with Crippen molar-refractivity contribution >= 4 is 27.5 Å². The molecule has 0 radical (unpaired) electrons. The Balaban J connectivity index is 1.61. The lowest BCUT2D eigenvalue weighted by atomic mass is 9.99. The molecule has 49 heavy (non-hydrogen) atoms. The van der Waals surface area contributed by atoms with Crippen LogP contribution in [0, 0.1) is 0 Å². The molecule has 1 saturated heterocycles. The lowest BCUT2D eigenvalue weighted by molar-refractivity contribution is -0.137. The van der Waals surface area contributed by atoms with Gasteiger partial charge >= 0.3 is 6.18 Å². The number of anilines is 1. The zero-order valence-electron chi connectivity index (χ0n) is 27.9. The number of nitrogens with one attached hydrogen (secondary N) is 2. The van der Waals surface area contributed by atoms with Gasteiger partial charge in [-0.15, -0.1) is 0 Å². The molecule has 2 atom stereocenters. The third kappa shape index (κ3) is 10.5. The summed E-state index contributed by atoms with van der Waals surface area (Å²) in [5, 5.41) is 17.2. The molecule has 0 unspecified atom stereocenters. The number of carbonyl (C=O) groups is 2. The van der Waals surface area contributed by atoms with Crippen LogP contribution in [0.25, 0.3) is 0 Å². The number of carbonyl (C=O) groups excluding carboxylic acids is 2. The fourth-order valence-corrected chi connectivity index (χ4v) is 7.52. The van der Waals surface area contributed by atoms with Crippen LogP contribution >= 0.6 is 0 Å². The molecule has 4 rings (SSSR count). The number of hydrogen-bond acceptors (Lipinski definition) is 6. The van der Waals surface area contributed by atoms with Crippen LogP contribution in [0.15, 0.2) is 72.8 Å². The van der Waals surface area contributed by atoms with Gasteiger partial charge in [0.2, 0.25) is 10.0 Å². The molecule has 9 nitrogen and oxygen atoms in total. The lowest BCUT2D eigenvalue weighted by Gasteiger charge is -2.30. The van der Waals surface area contributed by atoms with Crippen LogP contribution < -0.4 is 14.9 Å². The Morgan fingerprint density at radius 2 is 1.59 bits per heavy atom. The maximum absolute atomic E-state index is 13.9. The van der Waals surface area contributed by atoms with Crippen molar-refractivity contribution in [3.05, 3.63) is 101 Å². The van der Waals surface area contributed by atoms with Gasteiger partial charge in [-0.25, -0.2) is 8.42 Å². The van der Waals surface area contributed by atoms with Gasteiger partial charge in [0, 0.05) is 43.9 Å². The van der Waals surface area contributed by atoms with Gasteiger partial charge < -0.3 is 20.6 Å². The molecule has 1 heterocycles. The number of sulfonamides is 1. The number of alkyl halides is 3. The molecule has 2 amide bonds. The van der Waals surface area contributed by atoms with E-state index in [0.29, 0.717) is 31.5 Å². The van der Waals surface area contributed by atoms with E-state index in [1.54, 1.807) is 11.0 Å². The summed E-state index contributed by atoms with van der Waals surface area (Å²) in [4.78, 5) is 29.3. The molecule has 266 valence electrons. The molecule has 1 aliphatic rings. The lowest BCUT2D eigenvalue weighted by Crippen LogP contribution is -2.48. The summed E-state index contributed by atoms with van der Waals surface area (Å²) in [6.07, 6.45) is -2.81. The van der Waals surface area contributed by atoms with Crippen molar-refractivity contribution in [3.63, 3.8) is 0 Å². The summed E-state index contributed by atoms with van der Waals surface area (Å²) in [5.74, 6) is -0.960. The third-order valence-corrected chi connectivity index (χ3v) is 10.2. The van der Waals surface area contributed by atoms with E-state index in [4.69, 9.17) is 0 Å². The second kappa shape index (κ2) is 17.1. The molecular formula is C36H45F3N4O5S. The standard InChI is InChI=1S/C36H45F3N4O5S/c1-3-15-42(16-4-2)35(46)29-21-28(22-31(23-29)43-17-8-9-18-49(43,47)48)34(45)41-32(20-26-11-6-5-7-12-26)33(44)25-40-24-27-13-10-14-30(19-27)36(37,38)39/h5-7,10-14,19,21-23,32-33,40,44H,3-4,8-9,15-18,20,24-25H2,1-2H3,(H,41,45)/t32-,33+/m0/s1. The molecule has 0 aliphatic carbocycles. The first kappa shape index (κ1) is 37.9. The molecule has 0 bridgehead atoms. The van der Waals surface area contributed by atoms with Gasteiger partial charge in [-0.3, -0.25) is 13.9 Å². The largest absolute Gasteiger partial charge is 0.416 e. The highest BCUT2D eigenvalue weighted by molar-refractivity contribution is 7.92. The number of hydrogen-bond donors (Lipinski definition) is 3. The second-order valence-corrected chi connectivity index (χ2v) is 14.3. The maximum atomic E-state index is 13.9. The molecule has 1 aliphatic heterocycles. The molecule has 0 spiro atoms. The Labute approximate surface area is 286 Å². The molecule has 1 fully saturated rings. The first-order chi connectivity index (χ1) is 23.3. The minimum absolute atomic E-state index is 0.0384. The summed E-state index contributed by atoms with van der Waals surface area (Å²) in [6, 6.07) is 17.7. The minimum atomic E-state index is -4.48. The van der Waals surface area contributed by atoms with Gasteiger partial charge in [0.05, 0.1) is 29.1 Å². The third-order valence-electron chi connectivity index (χ3n) is 8.35. The minimum Gasteiger partial charge on any atom is -0.390 e. The molecule has 3 aromatic carbocycles. The van der Waals surface area contributed by atoms with Gasteiger partial charge in [-0.1, -0.05) is 62.4 Å². The number of rotatable bonds is 15. The van der Waals surface area contributed by atoms with E-state index in [0.717, 1.165) is 30.5 Å². The smallest absolute Gasteiger partial charge is 0.390 e. The number of nitrogens with zero attached hydrogens (tertiary/aromatic N) is 2. The Morgan fingerprint density at radius 3 is 2.24 bits per heavy atom. The Hall–Kier alpha value is -3.94. The van der Waals surface area contributed by atoms with E-state index < -0.39 is 39.8 Å². The van der Waals surface area contributed by atoms with Crippen LogP contribution in [0.4, 0.5) is 18.9 Å². The van der Waals surface area contributed by atoms with E-state index in [1.807, 2.05) is 44.2 Å². The Morgan fingerprint density at radius 1 is 0.918 bits per heavy atom. The van der Waals surface area contributed by atoms with E-state index >= 15 is 0 Å². The average molecular weight is 703 g/mol. The highest BCUT2D eigenvalue weighted by Crippen LogP contribution is 2.30. The fourth-order valence-electron chi connectivity index (χ4n) is 5.89. The van der Waals surface area contributed by atoms with Crippen LogP contribution in [-0.4, -0.2) is 74.3 Å². The van der Waals surface area contributed by atoms with Crippen molar-refractivity contribution in [2.24, 2.45) is 0 Å². The SMILES string of the molecule is CCCN(CCC)C(=O)c1cc(C(=O)N[C@@H](Cc2ccccc2)[C@H](O)CNCc2cccc(C(F)(F)F)c2)cc(N2CCCCS2(=O)=O)c1. The second-order valence-electron chi connectivity index (χ2n) is 12.3. The highest BCUT2D eigenvalue weighted by Gasteiger charge is 2.31. The van der Waals surface area contributed by atoms with Crippen LogP contribution in [-0.2, 0) is 29.2 Å². The van der Waals surface area contributed by atoms with E-state index in [9.17, 15) is 36.3 Å². The monoisotopic (exact) mass is 702 g/mol. The molecule has 13 heteroatoms.